The Labute approximate surface area is 164 Å². The summed E-state index contributed by atoms with van der Waals surface area (Å²) in [5.74, 6) is -7.51. The summed E-state index contributed by atoms with van der Waals surface area (Å²) in [6.45, 7) is -0.834. The fraction of sp³-hybridized carbons (Fsp3) is 0.125. The van der Waals surface area contributed by atoms with Crippen LogP contribution in [0.5, 0.6) is 0 Å². The molecule has 1 N–H and O–H groups in total. The number of benzene rings is 2. The summed E-state index contributed by atoms with van der Waals surface area (Å²) in [5, 5.41) is 2.09. The van der Waals surface area contributed by atoms with Gasteiger partial charge in [0.15, 0.2) is 12.4 Å². The molecule has 0 fully saturated rings. The van der Waals surface area contributed by atoms with Crippen LogP contribution in [0.1, 0.15) is 10.4 Å². The van der Waals surface area contributed by atoms with Crippen LogP contribution >= 0.6 is 15.9 Å². The highest BCUT2D eigenvalue weighted by molar-refractivity contribution is 9.10. The number of sulfone groups is 1. The number of esters is 1. The molecule has 6 nitrogen and oxygen atoms in total. The van der Waals surface area contributed by atoms with Crippen LogP contribution in [0.4, 0.5) is 23.2 Å². The summed E-state index contributed by atoms with van der Waals surface area (Å²) in [6, 6.07) is 4.92. The van der Waals surface area contributed by atoms with E-state index in [-0.39, 0.29) is 15.7 Å². The lowest BCUT2D eigenvalue weighted by Gasteiger charge is -2.10. The van der Waals surface area contributed by atoms with Crippen LogP contribution in [0.3, 0.4) is 0 Å². The van der Waals surface area contributed by atoms with E-state index in [0.717, 1.165) is 30.3 Å². The number of halogens is 5. The molecule has 0 aliphatic rings. The Morgan fingerprint density at radius 1 is 1.11 bits per heavy atom. The summed E-state index contributed by atoms with van der Waals surface area (Å²) in [5.41, 5.74) is -0.556. The Hall–Kier alpha value is -2.47. The molecule has 0 heterocycles. The lowest BCUT2D eigenvalue weighted by Crippen LogP contribution is -2.22. The summed E-state index contributed by atoms with van der Waals surface area (Å²) < 4.78 is 78.7. The number of ether oxygens (including phenoxy) is 1. The van der Waals surface area contributed by atoms with Crippen LogP contribution in [0, 0.1) is 11.6 Å². The third-order valence-electron chi connectivity index (χ3n) is 3.26. The molecule has 1 amide bonds. The van der Waals surface area contributed by atoms with Crippen molar-refractivity contribution in [3.05, 3.63) is 58.1 Å². The molecule has 12 heteroatoms. The highest BCUT2D eigenvalue weighted by Crippen LogP contribution is 2.26. The summed E-state index contributed by atoms with van der Waals surface area (Å²) >= 11 is 2.87. The van der Waals surface area contributed by atoms with E-state index in [1.165, 1.54) is 0 Å². The smallest absolute Gasteiger partial charge is 0.341 e. The SMILES string of the molecule is O=C(COC(=O)c1ccc(S(=O)(=O)C(F)F)cc1)Nc1c(F)cc(F)cc1Br. The molecular weight excluding hydrogens is 474 g/mol. The second-order valence-electron chi connectivity index (χ2n) is 5.20. The van der Waals surface area contributed by atoms with E-state index in [1.54, 1.807) is 0 Å². The van der Waals surface area contributed by atoms with Crippen LogP contribution in [-0.2, 0) is 19.4 Å². The van der Waals surface area contributed by atoms with Crippen molar-refractivity contribution in [2.24, 2.45) is 0 Å². The molecule has 0 saturated carbocycles. The molecule has 0 saturated heterocycles. The van der Waals surface area contributed by atoms with Crippen molar-refractivity contribution in [3.63, 3.8) is 0 Å². The zero-order chi connectivity index (χ0) is 21.1. The number of carbonyl (C=O) groups excluding carboxylic acids is 2. The van der Waals surface area contributed by atoms with Gasteiger partial charge in [0.25, 0.3) is 5.91 Å². The Bertz CT molecular complexity index is 989. The molecule has 2 rings (SSSR count). The Morgan fingerprint density at radius 3 is 2.25 bits per heavy atom. The van der Waals surface area contributed by atoms with Crippen LogP contribution in [-0.4, -0.2) is 32.7 Å². The fourth-order valence-electron chi connectivity index (χ4n) is 1.94. The third-order valence-corrected chi connectivity index (χ3v) is 5.28. The lowest BCUT2D eigenvalue weighted by atomic mass is 10.2. The zero-order valence-corrected chi connectivity index (χ0v) is 16.0. The maximum atomic E-state index is 13.6. The highest BCUT2D eigenvalue weighted by atomic mass is 79.9. The van der Waals surface area contributed by atoms with Crippen LogP contribution in [0.15, 0.2) is 45.8 Å². The standard InChI is InChI=1S/C16H10BrF4NO5S/c17-11-5-9(18)6-12(19)14(11)22-13(23)7-27-15(24)8-1-3-10(4-2-8)28(25,26)16(20)21/h1-6,16H,7H2,(H,22,23). The number of hydrogen-bond donors (Lipinski definition) is 1. The summed E-state index contributed by atoms with van der Waals surface area (Å²) in [7, 11) is -4.81. The minimum atomic E-state index is -4.81. The van der Waals surface area contributed by atoms with Gasteiger partial charge in [-0.25, -0.2) is 22.0 Å². The molecule has 150 valence electrons. The Balaban J connectivity index is 2.00. The van der Waals surface area contributed by atoms with Crippen molar-refractivity contribution in [1.29, 1.82) is 0 Å². The molecule has 0 unspecified atom stereocenters. The number of anilines is 1. The van der Waals surface area contributed by atoms with E-state index in [4.69, 9.17) is 0 Å². The van der Waals surface area contributed by atoms with Crippen molar-refractivity contribution in [2.75, 3.05) is 11.9 Å². The van der Waals surface area contributed by atoms with E-state index in [0.29, 0.717) is 6.07 Å². The largest absolute Gasteiger partial charge is 0.452 e. The van der Waals surface area contributed by atoms with E-state index in [2.05, 4.69) is 26.0 Å². The molecule has 28 heavy (non-hydrogen) atoms. The molecule has 0 spiro atoms. The van der Waals surface area contributed by atoms with Crippen LogP contribution in [0.25, 0.3) is 0 Å². The van der Waals surface area contributed by atoms with E-state index < -0.39 is 50.6 Å². The van der Waals surface area contributed by atoms with Gasteiger partial charge in [-0.15, -0.1) is 0 Å². The minimum absolute atomic E-state index is 0.0690. The molecule has 0 aliphatic carbocycles. The van der Waals surface area contributed by atoms with E-state index in [1.807, 2.05) is 0 Å². The van der Waals surface area contributed by atoms with Gasteiger partial charge in [0.1, 0.15) is 5.82 Å². The van der Waals surface area contributed by atoms with Gasteiger partial charge in [0.2, 0.25) is 9.84 Å². The van der Waals surface area contributed by atoms with Gasteiger partial charge >= 0.3 is 11.7 Å². The third kappa shape index (κ3) is 5.07. The predicted molar refractivity (Wildman–Crippen MR) is 92.6 cm³/mol. The maximum absolute atomic E-state index is 13.6. The first kappa shape index (κ1) is 21.8. The molecule has 2 aromatic carbocycles. The number of nitrogens with one attached hydrogen (secondary N) is 1. The van der Waals surface area contributed by atoms with Crippen molar-refractivity contribution < 1.29 is 40.3 Å². The molecule has 0 aromatic heterocycles. The maximum Gasteiger partial charge on any atom is 0.341 e. The van der Waals surface area contributed by atoms with Gasteiger partial charge in [-0.1, -0.05) is 0 Å². The molecule has 0 bridgehead atoms. The van der Waals surface area contributed by atoms with E-state index in [9.17, 15) is 35.6 Å². The van der Waals surface area contributed by atoms with Crippen molar-refractivity contribution in [3.8, 4) is 0 Å². The monoisotopic (exact) mass is 483 g/mol. The Kier molecular flexibility index (Phi) is 6.77. The number of hydrogen-bond acceptors (Lipinski definition) is 5. The summed E-state index contributed by atoms with van der Waals surface area (Å²) in [4.78, 5) is 22.9. The number of alkyl halides is 2. The first-order valence-electron chi connectivity index (χ1n) is 7.26. The Morgan fingerprint density at radius 2 is 1.71 bits per heavy atom. The highest BCUT2D eigenvalue weighted by Gasteiger charge is 2.26. The number of rotatable bonds is 6. The topological polar surface area (TPSA) is 89.5 Å². The van der Waals surface area contributed by atoms with Crippen molar-refractivity contribution in [1.82, 2.24) is 0 Å². The van der Waals surface area contributed by atoms with Crippen molar-refractivity contribution >= 4 is 43.3 Å². The fourth-order valence-corrected chi connectivity index (χ4v) is 3.16. The molecule has 2 aromatic rings. The second kappa shape index (κ2) is 8.69. The first-order chi connectivity index (χ1) is 13.0. The molecule has 0 aliphatic heterocycles. The lowest BCUT2D eigenvalue weighted by molar-refractivity contribution is -0.119. The predicted octanol–water partition coefficient (Wildman–Crippen LogP) is 3.52. The molecular formula is C16H10BrF4NO5S. The van der Waals surface area contributed by atoms with E-state index >= 15 is 0 Å². The quantitative estimate of drug-likeness (QED) is 0.501. The van der Waals surface area contributed by atoms with Gasteiger partial charge in [0, 0.05) is 10.5 Å². The van der Waals surface area contributed by atoms with Gasteiger partial charge in [0.05, 0.1) is 16.1 Å². The van der Waals surface area contributed by atoms with Gasteiger partial charge in [-0.05, 0) is 46.3 Å². The molecule has 0 radical (unpaired) electrons. The van der Waals surface area contributed by atoms with Gasteiger partial charge < -0.3 is 10.1 Å². The normalized spacial score (nSPS) is 11.4. The average Bonchev–Trinajstić information content (AvgIpc) is 2.62. The minimum Gasteiger partial charge on any atom is -0.452 e. The van der Waals surface area contributed by atoms with Gasteiger partial charge in [-0.3, -0.25) is 4.79 Å². The first-order valence-corrected chi connectivity index (χ1v) is 9.60. The van der Waals surface area contributed by atoms with Gasteiger partial charge in [-0.2, -0.15) is 8.78 Å². The molecule has 0 atom stereocenters. The average molecular weight is 484 g/mol. The second-order valence-corrected chi connectivity index (χ2v) is 7.97. The number of amides is 1. The van der Waals surface area contributed by atoms with Crippen molar-refractivity contribution in [2.45, 2.75) is 10.7 Å². The summed E-state index contributed by atoms with van der Waals surface area (Å²) in [6.07, 6.45) is 0. The van der Waals surface area contributed by atoms with Crippen LogP contribution in [0.2, 0.25) is 0 Å². The van der Waals surface area contributed by atoms with Crippen LogP contribution < -0.4 is 5.32 Å². The number of carbonyl (C=O) groups is 2. The zero-order valence-electron chi connectivity index (χ0n) is 13.6.